The van der Waals surface area contributed by atoms with Gasteiger partial charge in [0.05, 0.1) is 10.6 Å². The summed E-state index contributed by atoms with van der Waals surface area (Å²) in [6.07, 6.45) is 4.13. The lowest BCUT2D eigenvalue weighted by molar-refractivity contribution is -0.137. The first kappa shape index (κ1) is 27.0. The molecule has 42 heavy (non-hydrogen) atoms. The van der Waals surface area contributed by atoms with Crippen LogP contribution in [0.5, 0.6) is 0 Å². The molecule has 3 aromatic rings. The molecular weight excluding hydrogens is 580 g/mol. The Bertz CT molecular complexity index is 1560. The third-order valence-electron chi connectivity index (χ3n) is 9.00. The molecule has 1 N–H and O–H groups in total. The number of amides is 1. The predicted molar refractivity (Wildman–Crippen MR) is 159 cm³/mol. The van der Waals surface area contributed by atoms with E-state index in [4.69, 9.17) is 0 Å². The number of rotatable bonds is 7. The van der Waals surface area contributed by atoms with Crippen molar-refractivity contribution in [2.45, 2.75) is 74.5 Å². The maximum Gasteiger partial charge on any atom is 0.420 e. The van der Waals surface area contributed by atoms with Gasteiger partial charge >= 0.3 is 6.18 Å². The molecule has 1 amide bonds. The van der Waals surface area contributed by atoms with Gasteiger partial charge in [-0.15, -0.1) is 23.1 Å². The number of carbonyl (C=O) groups is 1. The Balaban J connectivity index is 1.13. The fourth-order valence-corrected chi connectivity index (χ4v) is 8.59. The van der Waals surface area contributed by atoms with Crippen LogP contribution in [0.3, 0.4) is 0 Å². The quantitative estimate of drug-likeness (QED) is 0.302. The number of benzene rings is 1. The van der Waals surface area contributed by atoms with E-state index < -0.39 is 11.7 Å². The molecule has 2 aliphatic heterocycles. The molecule has 0 spiro atoms. The summed E-state index contributed by atoms with van der Waals surface area (Å²) in [4.78, 5) is 28.0. The normalized spacial score (nSPS) is 21.2. The standard InChI is InChI=1S/C31H32F3N5OS2/c32-31(33,34)23-14-35-30(37-27(23)25-13-26-28(42-25)29(40)39(9-10-41-26)21-5-6-21)36-24-12-19-7-8-38(15-17-1-2-17)16-20(19)11-22(24)18-3-4-18/h11-14,17-18,21H,1-10,15-16H2,(H,35,36,37). The Kier molecular flexibility index (Phi) is 6.57. The van der Waals surface area contributed by atoms with Gasteiger partial charge in [-0.25, -0.2) is 9.97 Å². The number of alkyl halides is 3. The van der Waals surface area contributed by atoms with Crippen LogP contribution in [-0.2, 0) is 19.1 Å². The maximum atomic E-state index is 14.2. The molecule has 6 nitrogen and oxygen atoms in total. The van der Waals surface area contributed by atoms with E-state index in [1.165, 1.54) is 47.8 Å². The SMILES string of the molecule is O=C1c2sc(-c3nc(Nc4cc5c(cc4C4CC4)CN(CC4CC4)CC5)ncc3C(F)(F)F)cc2SCCN1C1CC1. The van der Waals surface area contributed by atoms with Gasteiger partial charge in [-0.05, 0) is 85.6 Å². The molecule has 2 aromatic heterocycles. The minimum Gasteiger partial charge on any atom is -0.334 e. The molecule has 4 heterocycles. The second-order valence-electron chi connectivity index (χ2n) is 12.4. The van der Waals surface area contributed by atoms with Crippen LogP contribution in [0.4, 0.5) is 24.8 Å². The van der Waals surface area contributed by atoms with E-state index in [1.807, 2.05) is 4.90 Å². The molecule has 3 aliphatic carbocycles. The van der Waals surface area contributed by atoms with Crippen molar-refractivity contribution in [3.05, 3.63) is 51.5 Å². The summed E-state index contributed by atoms with van der Waals surface area (Å²) >= 11 is 2.65. The second kappa shape index (κ2) is 10.2. The minimum atomic E-state index is -4.62. The van der Waals surface area contributed by atoms with E-state index in [0.717, 1.165) is 85.0 Å². The van der Waals surface area contributed by atoms with Gasteiger partial charge in [-0.3, -0.25) is 9.69 Å². The van der Waals surface area contributed by atoms with E-state index in [9.17, 15) is 18.0 Å². The summed E-state index contributed by atoms with van der Waals surface area (Å²) in [5, 5.41) is 3.32. The number of carbonyl (C=O) groups excluding carboxylic acids is 1. The zero-order valence-corrected chi connectivity index (χ0v) is 24.8. The third-order valence-corrected chi connectivity index (χ3v) is 11.3. The molecule has 3 saturated carbocycles. The van der Waals surface area contributed by atoms with E-state index in [2.05, 4.69) is 32.3 Å². The molecule has 11 heteroatoms. The Morgan fingerprint density at radius 2 is 1.86 bits per heavy atom. The van der Waals surface area contributed by atoms with Crippen molar-refractivity contribution < 1.29 is 18.0 Å². The number of thioether (sulfide) groups is 1. The minimum absolute atomic E-state index is 0.0754. The molecule has 1 aromatic carbocycles. The van der Waals surface area contributed by atoms with Crippen LogP contribution < -0.4 is 5.32 Å². The fraction of sp³-hybridized carbons (Fsp3) is 0.516. The van der Waals surface area contributed by atoms with Crippen molar-refractivity contribution in [2.24, 2.45) is 5.92 Å². The van der Waals surface area contributed by atoms with Gasteiger partial charge in [-0.2, -0.15) is 13.2 Å². The van der Waals surface area contributed by atoms with E-state index in [0.29, 0.717) is 22.2 Å². The summed E-state index contributed by atoms with van der Waals surface area (Å²) in [6, 6.07) is 6.45. The summed E-state index contributed by atoms with van der Waals surface area (Å²) < 4.78 is 42.6. The van der Waals surface area contributed by atoms with Crippen molar-refractivity contribution in [2.75, 3.05) is 30.7 Å². The zero-order valence-electron chi connectivity index (χ0n) is 23.2. The van der Waals surface area contributed by atoms with Crippen LogP contribution in [0.15, 0.2) is 29.3 Å². The van der Waals surface area contributed by atoms with Gasteiger partial charge in [0.2, 0.25) is 5.95 Å². The Morgan fingerprint density at radius 3 is 2.60 bits per heavy atom. The summed E-state index contributed by atoms with van der Waals surface area (Å²) in [6.45, 7) is 3.84. The van der Waals surface area contributed by atoms with Crippen LogP contribution >= 0.6 is 23.1 Å². The van der Waals surface area contributed by atoms with E-state index in [-0.39, 0.29) is 23.6 Å². The van der Waals surface area contributed by atoms with E-state index >= 15 is 0 Å². The Hall–Kier alpha value is -2.63. The summed E-state index contributed by atoms with van der Waals surface area (Å²) in [5.74, 6) is 2.11. The number of nitrogens with one attached hydrogen (secondary N) is 1. The number of hydrogen-bond acceptors (Lipinski definition) is 7. The first-order valence-corrected chi connectivity index (χ1v) is 16.8. The highest BCUT2D eigenvalue weighted by Gasteiger charge is 2.39. The topological polar surface area (TPSA) is 61.4 Å². The van der Waals surface area contributed by atoms with Crippen molar-refractivity contribution in [3.63, 3.8) is 0 Å². The fourth-order valence-electron chi connectivity index (χ4n) is 6.27. The van der Waals surface area contributed by atoms with Gasteiger partial charge < -0.3 is 10.2 Å². The highest BCUT2D eigenvalue weighted by Crippen LogP contribution is 2.47. The molecule has 0 bridgehead atoms. The number of thiophene rings is 1. The Labute approximate surface area is 251 Å². The largest absolute Gasteiger partial charge is 0.420 e. The number of hydrogen-bond donors (Lipinski definition) is 1. The van der Waals surface area contributed by atoms with Gasteiger partial charge in [0, 0.05) is 54.8 Å². The number of aromatic nitrogens is 2. The van der Waals surface area contributed by atoms with E-state index in [1.54, 1.807) is 6.07 Å². The van der Waals surface area contributed by atoms with Crippen molar-refractivity contribution in [1.29, 1.82) is 0 Å². The van der Waals surface area contributed by atoms with Gasteiger partial charge in [0.15, 0.2) is 0 Å². The second-order valence-corrected chi connectivity index (χ2v) is 14.6. The molecule has 0 unspecified atom stereocenters. The number of nitrogens with zero attached hydrogens (tertiary/aromatic N) is 4. The lowest BCUT2D eigenvalue weighted by Gasteiger charge is -2.30. The van der Waals surface area contributed by atoms with Gasteiger partial charge in [0.25, 0.3) is 5.91 Å². The molecule has 0 radical (unpaired) electrons. The first-order valence-electron chi connectivity index (χ1n) is 15.0. The highest BCUT2D eigenvalue weighted by molar-refractivity contribution is 7.99. The monoisotopic (exact) mass is 611 g/mol. The zero-order chi connectivity index (χ0) is 28.6. The first-order chi connectivity index (χ1) is 20.3. The summed E-state index contributed by atoms with van der Waals surface area (Å²) in [5.41, 5.74) is 3.70. The molecule has 5 aliphatic rings. The number of anilines is 2. The lowest BCUT2D eigenvalue weighted by Crippen LogP contribution is -2.33. The third kappa shape index (κ3) is 5.32. The molecule has 220 valence electrons. The predicted octanol–water partition coefficient (Wildman–Crippen LogP) is 7.32. The molecule has 0 atom stereocenters. The number of fused-ring (bicyclic) bond motifs is 2. The maximum absolute atomic E-state index is 14.2. The highest BCUT2D eigenvalue weighted by atomic mass is 32.2. The Morgan fingerprint density at radius 1 is 1.02 bits per heavy atom. The van der Waals surface area contributed by atoms with Crippen LogP contribution in [0.25, 0.3) is 10.6 Å². The average Bonchev–Trinajstić information content (AvgIpc) is 3.81. The molecule has 0 saturated heterocycles. The lowest BCUT2D eigenvalue weighted by atomic mass is 9.94. The average molecular weight is 612 g/mol. The molecule has 8 rings (SSSR count). The molecular formula is C31H32F3N5OS2. The van der Waals surface area contributed by atoms with Crippen LogP contribution in [0, 0.1) is 5.92 Å². The molecule has 3 fully saturated rings. The van der Waals surface area contributed by atoms with Crippen LogP contribution in [0.1, 0.15) is 76.4 Å². The van der Waals surface area contributed by atoms with Gasteiger partial charge in [-0.1, -0.05) is 6.07 Å². The van der Waals surface area contributed by atoms with Crippen LogP contribution in [-0.4, -0.2) is 57.1 Å². The van der Waals surface area contributed by atoms with Crippen molar-refractivity contribution in [3.8, 4) is 10.6 Å². The van der Waals surface area contributed by atoms with Crippen molar-refractivity contribution >= 4 is 40.6 Å². The van der Waals surface area contributed by atoms with Gasteiger partial charge in [0.1, 0.15) is 10.4 Å². The van der Waals surface area contributed by atoms with Crippen LogP contribution in [0.2, 0.25) is 0 Å². The van der Waals surface area contributed by atoms with Crippen molar-refractivity contribution in [1.82, 2.24) is 19.8 Å². The number of halogens is 3. The summed E-state index contributed by atoms with van der Waals surface area (Å²) in [7, 11) is 0. The smallest absolute Gasteiger partial charge is 0.334 e.